The van der Waals surface area contributed by atoms with E-state index in [9.17, 15) is 0 Å². The number of para-hydroxylation sites is 1. The summed E-state index contributed by atoms with van der Waals surface area (Å²) >= 11 is 0. The van der Waals surface area contributed by atoms with Crippen LogP contribution >= 0.6 is 0 Å². The van der Waals surface area contributed by atoms with Crippen molar-refractivity contribution in [3.05, 3.63) is 18.2 Å². The second-order valence-corrected chi connectivity index (χ2v) is 3.07. The van der Waals surface area contributed by atoms with E-state index >= 15 is 0 Å². The highest BCUT2D eigenvalue weighted by Gasteiger charge is 2.11. The molecule has 0 spiro atoms. The summed E-state index contributed by atoms with van der Waals surface area (Å²) in [4.78, 5) is 1.60. The van der Waals surface area contributed by atoms with Gasteiger partial charge in [-0.05, 0) is 12.1 Å². The maximum absolute atomic E-state index is 8.67. The lowest BCUT2D eigenvalue weighted by atomic mass is 10.2. The number of methoxy groups -OCH3 is 1. The molecule has 0 saturated heterocycles. The zero-order valence-electron chi connectivity index (χ0n) is 8.97. The lowest BCUT2D eigenvalue weighted by Crippen LogP contribution is -2.24. The minimum absolute atomic E-state index is 0.116. The van der Waals surface area contributed by atoms with Gasteiger partial charge < -0.3 is 15.4 Å². The lowest BCUT2D eigenvalue weighted by molar-refractivity contribution is 0.417. The van der Waals surface area contributed by atoms with Crippen molar-refractivity contribution in [2.75, 3.05) is 30.8 Å². The Labute approximate surface area is 94.3 Å². The van der Waals surface area contributed by atoms with Crippen molar-refractivity contribution in [1.82, 2.24) is 0 Å². The molecule has 16 heavy (non-hydrogen) atoms. The monoisotopic (exact) mass is 216 g/mol. The van der Waals surface area contributed by atoms with Crippen molar-refractivity contribution in [3.63, 3.8) is 0 Å². The quantitative estimate of drug-likeness (QED) is 0.602. The van der Waals surface area contributed by atoms with E-state index in [4.69, 9.17) is 21.0 Å². The molecule has 82 valence electrons. The van der Waals surface area contributed by atoms with Gasteiger partial charge in [-0.15, -0.1) is 0 Å². The standard InChI is InChI=1S/C11H12N4O/c1-16-10-4-2-3-9(11(10)14)15(7-5-12)8-6-13/h2-4H,7-8,14H2,1H3. The SMILES string of the molecule is COc1cccc(N(CC#N)CC#N)c1N. The molecule has 0 radical (unpaired) electrons. The largest absolute Gasteiger partial charge is 0.495 e. The average Bonchev–Trinajstić information content (AvgIpc) is 2.29. The van der Waals surface area contributed by atoms with Crippen LogP contribution in [0.3, 0.4) is 0 Å². The van der Waals surface area contributed by atoms with Gasteiger partial charge in [0.05, 0.1) is 30.6 Å². The third-order valence-electron chi connectivity index (χ3n) is 2.13. The van der Waals surface area contributed by atoms with Crippen LogP contribution in [0.4, 0.5) is 11.4 Å². The molecule has 0 saturated carbocycles. The number of nitrogens with two attached hydrogens (primary N) is 1. The van der Waals surface area contributed by atoms with Gasteiger partial charge in [-0.2, -0.15) is 10.5 Å². The van der Waals surface area contributed by atoms with Gasteiger partial charge in [0.15, 0.2) is 0 Å². The van der Waals surface area contributed by atoms with Crippen molar-refractivity contribution in [2.45, 2.75) is 0 Å². The summed E-state index contributed by atoms with van der Waals surface area (Å²) in [5.74, 6) is 0.540. The maximum Gasteiger partial charge on any atom is 0.143 e. The third kappa shape index (κ3) is 2.34. The molecule has 0 amide bonds. The van der Waals surface area contributed by atoms with E-state index in [0.717, 1.165) is 0 Å². The first kappa shape index (κ1) is 11.7. The number of rotatable bonds is 4. The maximum atomic E-state index is 8.67. The third-order valence-corrected chi connectivity index (χ3v) is 2.13. The van der Waals surface area contributed by atoms with E-state index in [1.165, 1.54) is 7.11 Å². The van der Waals surface area contributed by atoms with Crippen LogP contribution in [0.5, 0.6) is 5.75 Å². The first-order valence-electron chi connectivity index (χ1n) is 4.66. The van der Waals surface area contributed by atoms with Gasteiger partial charge in [-0.1, -0.05) is 6.07 Å². The average molecular weight is 216 g/mol. The van der Waals surface area contributed by atoms with Crippen LogP contribution in [0.15, 0.2) is 18.2 Å². The highest BCUT2D eigenvalue weighted by atomic mass is 16.5. The molecule has 1 rings (SSSR count). The number of nitriles is 2. The molecule has 1 aromatic rings. The highest BCUT2D eigenvalue weighted by Crippen LogP contribution is 2.31. The Morgan fingerprint density at radius 3 is 2.44 bits per heavy atom. The molecular weight excluding hydrogens is 204 g/mol. The van der Waals surface area contributed by atoms with E-state index < -0.39 is 0 Å². The number of hydrogen-bond donors (Lipinski definition) is 1. The van der Waals surface area contributed by atoms with Crippen molar-refractivity contribution in [3.8, 4) is 17.9 Å². The normalized spacial score (nSPS) is 8.94. The molecule has 5 heteroatoms. The Bertz CT molecular complexity index is 428. The van der Waals surface area contributed by atoms with Crippen LogP contribution in [0, 0.1) is 22.7 Å². The smallest absolute Gasteiger partial charge is 0.143 e. The molecule has 0 aliphatic rings. The summed E-state index contributed by atoms with van der Waals surface area (Å²) in [5.41, 5.74) is 6.95. The van der Waals surface area contributed by atoms with Gasteiger partial charge in [0, 0.05) is 0 Å². The molecule has 0 heterocycles. The van der Waals surface area contributed by atoms with Crippen LogP contribution < -0.4 is 15.4 Å². The zero-order valence-corrected chi connectivity index (χ0v) is 8.97. The number of nitrogens with zero attached hydrogens (tertiary/aromatic N) is 3. The minimum atomic E-state index is 0.116. The van der Waals surface area contributed by atoms with Crippen molar-refractivity contribution in [1.29, 1.82) is 10.5 Å². The van der Waals surface area contributed by atoms with Gasteiger partial charge in [-0.25, -0.2) is 0 Å². The van der Waals surface area contributed by atoms with Gasteiger partial charge in [0.2, 0.25) is 0 Å². The lowest BCUT2D eigenvalue weighted by Gasteiger charge is -2.21. The molecule has 5 nitrogen and oxygen atoms in total. The molecule has 0 aromatic heterocycles. The number of anilines is 2. The fourth-order valence-electron chi connectivity index (χ4n) is 1.38. The molecule has 0 atom stereocenters. The fourth-order valence-corrected chi connectivity index (χ4v) is 1.38. The first-order valence-corrected chi connectivity index (χ1v) is 4.66. The van der Waals surface area contributed by atoms with Crippen LogP contribution in [0.25, 0.3) is 0 Å². The van der Waals surface area contributed by atoms with E-state index in [1.807, 2.05) is 12.1 Å². The molecule has 0 bridgehead atoms. The molecule has 0 fully saturated rings. The molecule has 2 N–H and O–H groups in total. The number of ether oxygens (including phenoxy) is 1. The van der Waals surface area contributed by atoms with Crippen molar-refractivity contribution >= 4 is 11.4 Å². The fraction of sp³-hybridized carbons (Fsp3) is 0.273. The predicted molar refractivity (Wildman–Crippen MR) is 60.8 cm³/mol. The van der Waals surface area contributed by atoms with Crippen LogP contribution in [0.2, 0.25) is 0 Å². The Morgan fingerprint density at radius 2 is 1.94 bits per heavy atom. The topological polar surface area (TPSA) is 86.1 Å². The van der Waals surface area contributed by atoms with Gasteiger partial charge in [0.1, 0.15) is 18.8 Å². The zero-order chi connectivity index (χ0) is 12.0. The Morgan fingerprint density at radius 1 is 1.31 bits per heavy atom. The predicted octanol–water partition coefficient (Wildman–Crippen LogP) is 1.13. The Kier molecular flexibility index (Phi) is 3.99. The van der Waals surface area contributed by atoms with Crippen molar-refractivity contribution < 1.29 is 4.74 Å². The first-order chi connectivity index (χ1) is 7.74. The van der Waals surface area contributed by atoms with Crippen LogP contribution in [-0.4, -0.2) is 20.2 Å². The van der Waals surface area contributed by atoms with Gasteiger partial charge in [0.25, 0.3) is 0 Å². The minimum Gasteiger partial charge on any atom is -0.495 e. The van der Waals surface area contributed by atoms with E-state index in [-0.39, 0.29) is 13.1 Å². The van der Waals surface area contributed by atoms with Crippen LogP contribution in [0.1, 0.15) is 0 Å². The van der Waals surface area contributed by atoms with E-state index in [2.05, 4.69) is 0 Å². The molecule has 0 aliphatic carbocycles. The van der Waals surface area contributed by atoms with Crippen LogP contribution in [-0.2, 0) is 0 Å². The number of nitrogen functional groups attached to an aromatic ring is 1. The summed E-state index contributed by atoms with van der Waals surface area (Å²) in [6.07, 6.45) is 0. The summed E-state index contributed by atoms with van der Waals surface area (Å²) in [7, 11) is 1.52. The Balaban J connectivity index is 3.10. The van der Waals surface area contributed by atoms with E-state index in [0.29, 0.717) is 17.1 Å². The number of hydrogen-bond acceptors (Lipinski definition) is 5. The van der Waals surface area contributed by atoms with Gasteiger partial charge in [-0.3, -0.25) is 0 Å². The summed E-state index contributed by atoms with van der Waals surface area (Å²) in [6.45, 7) is 0.232. The molecule has 0 aliphatic heterocycles. The number of benzene rings is 1. The molecule has 0 unspecified atom stereocenters. The second kappa shape index (κ2) is 5.47. The Hall–Kier alpha value is -2.40. The molecular formula is C11H12N4O. The van der Waals surface area contributed by atoms with E-state index in [1.54, 1.807) is 23.1 Å². The highest BCUT2D eigenvalue weighted by molar-refractivity contribution is 5.74. The van der Waals surface area contributed by atoms with Crippen molar-refractivity contribution in [2.24, 2.45) is 0 Å². The summed E-state index contributed by atoms with van der Waals surface area (Å²) in [5, 5.41) is 17.3. The summed E-state index contributed by atoms with van der Waals surface area (Å²) < 4.78 is 5.07. The second-order valence-electron chi connectivity index (χ2n) is 3.07. The van der Waals surface area contributed by atoms with Gasteiger partial charge >= 0.3 is 0 Å². The summed E-state index contributed by atoms with van der Waals surface area (Å²) in [6, 6.07) is 9.25. The molecule has 1 aromatic carbocycles.